The Balaban J connectivity index is 2.73. The lowest BCUT2D eigenvalue weighted by molar-refractivity contribution is 0.0595. The molecule has 0 radical (unpaired) electrons. The van der Waals surface area contributed by atoms with Crippen molar-refractivity contribution in [2.45, 2.75) is 0 Å². The molecule has 4 nitrogen and oxygen atoms in total. The number of rotatable bonds is 2. The maximum absolute atomic E-state index is 11.8. The van der Waals surface area contributed by atoms with Crippen LogP contribution in [-0.4, -0.2) is 18.1 Å². The molecule has 7 heteroatoms. The highest BCUT2D eigenvalue weighted by molar-refractivity contribution is 6.45. The third-order valence-electron chi connectivity index (χ3n) is 2.58. The number of nitrogens with zero attached hydrogens (tertiary/aromatic N) is 1. The summed E-state index contributed by atoms with van der Waals surface area (Å²) in [7, 11) is 1.25. The Morgan fingerprint density at radius 3 is 2.55 bits per heavy atom. The van der Waals surface area contributed by atoms with Crippen LogP contribution in [0.15, 0.2) is 24.3 Å². The van der Waals surface area contributed by atoms with Crippen LogP contribution in [0.2, 0.25) is 15.1 Å². The number of methoxy groups -OCH3 is 1. The normalized spacial score (nSPS) is 10.4. The molecule has 0 bridgehead atoms. The van der Waals surface area contributed by atoms with Crippen LogP contribution >= 0.6 is 34.8 Å². The maximum atomic E-state index is 11.8. The molecule has 104 valence electrons. The fraction of sp³-hybridized carbons (Fsp3) is 0.0769. The van der Waals surface area contributed by atoms with Crippen LogP contribution in [-0.2, 0) is 4.74 Å². The number of esters is 1. The van der Waals surface area contributed by atoms with Gasteiger partial charge in [-0.1, -0.05) is 34.8 Å². The van der Waals surface area contributed by atoms with Gasteiger partial charge in [0.15, 0.2) is 5.69 Å². The van der Waals surface area contributed by atoms with Gasteiger partial charge in [-0.3, -0.25) is 0 Å². The van der Waals surface area contributed by atoms with Crippen molar-refractivity contribution in [2.24, 2.45) is 0 Å². The van der Waals surface area contributed by atoms with Crippen LogP contribution in [0.1, 0.15) is 10.5 Å². The van der Waals surface area contributed by atoms with Gasteiger partial charge in [0.05, 0.1) is 17.2 Å². The van der Waals surface area contributed by atoms with E-state index in [0.717, 1.165) is 0 Å². The van der Waals surface area contributed by atoms with E-state index in [1.54, 1.807) is 18.2 Å². The minimum Gasteiger partial charge on any atom is -0.464 e. The molecule has 2 aromatic rings. The highest BCUT2D eigenvalue weighted by Gasteiger charge is 2.19. The van der Waals surface area contributed by atoms with Crippen LogP contribution < -0.4 is 5.73 Å². The molecule has 0 aliphatic carbocycles. The molecular formula is C13H9Cl3N2O2. The molecule has 0 unspecified atom stereocenters. The lowest BCUT2D eigenvalue weighted by atomic mass is 10.0. The van der Waals surface area contributed by atoms with E-state index in [2.05, 4.69) is 9.72 Å². The maximum Gasteiger partial charge on any atom is 0.357 e. The van der Waals surface area contributed by atoms with Gasteiger partial charge in [0.1, 0.15) is 5.82 Å². The number of benzene rings is 1. The Hall–Kier alpha value is -1.49. The summed E-state index contributed by atoms with van der Waals surface area (Å²) in [6.45, 7) is 0. The smallest absolute Gasteiger partial charge is 0.357 e. The van der Waals surface area contributed by atoms with Crippen LogP contribution in [0.25, 0.3) is 11.1 Å². The van der Waals surface area contributed by atoms with Crippen molar-refractivity contribution >= 4 is 46.6 Å². The van der Waals surface area contributed by atoms with Crippen LogP contribution in [0.3, 0.4) is 0 Å². The van der Waals surface area contributed by atoms with Gasteiger partial charge in [-0.05, 0) is 24.3 Å². The molecule has 0 fully saturated rings. The Labute approximate surface area is 130 Å². The minimum atomic E-state index is -0.625. The highest BCUT2D eigenvalue weighted by Crippen LogP contribution is 2.37. The van der Waals surface area contributed by atoms with E-state index >= 15 is 0 Å². The number of carbonyl (C=O) groups is 1. The van der Waals surface area contributed by atoms with Gasteiger partial charge in [-0.15, -0.1) is 0 Å². The molecule has 0 saturated carbocycles. The second-order valence-electron chi connectivity index (χ2n) is 3.87. The first-order valence-corrected chi connectivity index (χ1v) is 6.57. The van der Waals surface area contributed by atoms with Gasteiger partial charge in [0.2, 0.25) is 0 Å². The van der Waals surface area contributed by atoms with E-state index in [0.29, 0.717) is 16.1 Å². The lowest BCUT2D eigenvalue weighted by Crippen LogP contribution is -2.08. The Morgan fingerprint density at radius 2 is 1.90 bits per heavy atom. The zero-order valence-corrected chi connectivity index (χ0v) is 12.6. The summed E-state index contributed by atoms with van der Waals surface area (Å²) in [5.41, 5.74) is 6.57. The number of nitrogens with two attached hydrogens (primary N) is 1. The third-order valence-corrected chi connectivity index (χ3v) is 3.60. The van der Waals surface area contributed by atoms with Crippen molar-refractivity contribution in [2.75, 3.05) is 12.8 Å². The summed E-state index contributed by atoms with van der Waals surface area (Å²) in [5, 5.41) is 0.941. The summed E-state index contributed by atoms with van der Waals surface area (Å²) < 4.78 is 4.69. The second kappa shape index (κ2) is 5.87. The lowest BCUT2D eigenvalue weighted by Gasteiger charge is -2.11. The topological polar surface area (TPSA) is 65.2 Å². The largest absolute Gasteiger partial charge is 0.464 e. The molecule has 0 aliphatic heterocycles. The Bertz CT molecular complexity index is 690. The SMILES string of the molecule is COC(=O)c1nc(N)ccc1-c1cc(Cl)cc(Cl)c1Cl. The second-order valence-corrected chi connectivity index (χ2v) is 5.09. The van der Waals surface area contributed by atoms with Gasteiger partial charge < -0.3 is 10.5 Å². The van der Waals surface area contributed by atoms with E-state index in [-0.39, 0.29) is 21.6 Å². The average molecular weight is 332 g/mol. The summed E-state index contributed by atoms with van der Waals surface area (Å²) in [4.78, 5) is 15.8. The van der Waals surface area contributed by atoms with Crippen molar-refractivity contribution in [1.82, 2.24) is 4.98 Å². The number of hydrogen-bond acceptors (Lipinski definition) is 4. The fourth-order valence-electron chi connectivity index (χ4n) is 1.70. The molecule has 20 heavy (non-hydrogen) atoms. The first kappa shape index (κ1) is 14.9. The molecular weight excluding hydrogens is 323 g/mol. The fourth-order valence-corrected chi connectivity index (χ4v) is 2.40. The molecule has 0 atom stereocenters. The molecule has 1 aromatic carbocycles. The van der Waals surface area contributed by atoms with Gasteiger partial charge in [-0.2, -0.15) is 0 Å². The minimum absolute atomic E-state index is 0.0488. The zero-order chi connectivity index (χ0) is 14.9. The number of hydrogen-bond donors (Lipinski definition) is 1. The van der Waals surface area contributed by atoms with Gasteiger partial charge >= 0.3 is 5.97 Å². The molecule has 1 aromatic heterocycles. The van der Waals surface area contributed by atoms with E-state index in [4.69, 9.17) is 40.5 Å². The number of aromatic nitrogens is 1. The van der Waals surface area contributed by atoms with E-state index < -0.39 is 5.97 Å². The van der Waals surface area contributed by atoms with Crippen LogP contribution in [0.5, 0.6) is 0 Å². The Kier molecular flexibility index (Phi) is 4.38. The van der Waals surface area contributed by atoms with E-state index in [1.165, 1.54) is 13.2 Å². The predicted molar refractivity (Wildman–Crippen MR) is 80.5 cm³/mol. The quantitative estimate of drug-likeness (QED) is 0.665. The van der Waals surface area contributed by atoms with Crippen molar-refractivity contribution in [3.05, 3.63) is 45.0 Å². The third kappa shape index (κ3) is 2.82. The predicted octanol–water partition coefficient (Wildman–Crippen LogP) is 4.08. The number of halogens is 3. The molecule has 0 aliphatic rings. The molecule has 2 rings (SSSR count). The molecule has 0 saturated heterocycles. The summed E-state index contributed by atoms with van der Waals surface area (Å²) in [6, 6.07) is 6.27. The van der Waals surface area contributed by atoms with Crippen molar-refractivity contribution < 1.29 is 9.53 Å². The van der Waals surface area contributed by atoms with E-state index in [9.17, 15) is 4.79 Å². The van der Waals surface area contributed by atoms with Gasteiger partial charge in [0.25, 0.3) is 0 Å². The molecule has 1 heterocycles. The monoisotopic (exact) mass is 330 g/mol. The first-order valence-electron chi connectivity index (χ1n) is 5.43. The molecule has 0 amide bonds. The van der Waals surface area contributed by atoms with Crippen molar-refractivity contribution in [3.8, 4) is 11.1 Å². The standard InChI is InChI=1S/C13H9Cl3N2O2/c1-20-13(19)12-7(2-3-10(17)18-12)8-4-6(14)5-9(15)11(8)16/h2-5H,1H3,(H2,17,18). The zero-order valence-electron chi connectivity index (χ0n) is 10.3. The number of nitrogen functional groups attached to an aromatic ring is 1. The van der Waals surface area contributed by atoms with E-state index in [1.807, 2.05) is 0 Å². The highest BCUT2D eigenvalue weighted by atomic mass is 35.5. The summed E-state index contributed by atoms with van der Waals surface area (Å²) >= 11 is 18.1. The number of carbonyl (C=O) groups excluding carboxylic acids is 1. The number of anilines is 1. The van der Waals surface area contributed by atoms with Gasteiger partial charge in [-0.25, -0.2) is 9.78 Å². The molecule has 2 N–H and O–H groups in total. The van der Waals surface area contributed by atoms with Crippen LogP contribution in [0.4, 0.5) is 5.82 Å². The number of pyridine rings is 1. The van der Waals surface area contributed by atoms with Crippen molar-refractivity contribution in [1.29, 1.82) is 0 Å². The molecule has 0 spiro atoms. The number of ether oxygens (including phenoxy) is 1. The first-order chi connectivity index (χ1) is 9.43. The summed E-state index contributed by atoms with van der Waals surface area (Å²) in [6.07, 6.45) is 0. The van der Waals surface area contributed by atoms with Crippen molar-refractivity contribution in [3.63, 3.8) is 0 Å². The average Bonchev–Trinajstić information content (AvgIpc) is 2.42. The Morgan fingerprint density at radius 1 is 1.20 bits per heavy atom. The van der Waals surface area contributed by atoms with Crippen LogP contribution in [0, 0.1) is 0 Å². The van der Waals surface area contributed by atoms with Gasteiger partial charge in [0, 0.05) is 16.1 Å². The summed E-state index contributed by atoms with van der Waals surface area (Å²) in [5.74, 6) is -0.433.